The number of hydrogen-bond acceptors (Lipinski definition) is 1. The van der Waals surface area contributed by atoms with Crippen LogP contribution in [0.5, 0.6) is 0 Å². The van der Waals surface area contributed by atoms with Crippen LogP contribution < -0.4 is 0 Å². The SMILES string of the molecule is ClB1n2c3c(-c4ccccc4)c4nc(c(-c5ccccc5)c5c6ccccc6c(c(-c6ccccc6)c2c2ccccc23)n51)-c1ccccc1-4. The van der Waals surface area contributed by atoms with Crippen molar-refractivity contribution >= 4 is 61.5 Å². The molecule has 0 spiro atoms. The van der Waals surface area contributed by atoms with E-state index in [4.69, 9.17) is 16.4 Å². The number of halogens is 1. The van der Waals surface area contributed by atoms with Crippen molar-refractivity contribution in [1.29, 1.82) is 0 Å². The van der Waals surface area contributed by atoms with Crippen LogP contribution in [0.15, 0.2) is 164 Å². The Labute approximate surface area is 294 Å². The number of rotatable bonds is 3. The van der Waals surface area contributed by atoms with Gasteiger partial charge in [0.15, 0.2) is 0 Å². The minimum Gasteiger partial charge on any atom is -0.349 e. The van der Waals surface area contributed by atoms with E-state index < -0.39 is 6.40 Å². The molecule has 0 unspecified atom stereocenters. The van der Waals surface area contributed by atoms with Crippen LogP contribution in [0, 0.1) is 0 Å². The fourth-order valence-corrected chi connectivity index (χ4v) is 8.97. The highest BCUT2D eigenvalue weighted by Crippen LogP contribution is 2.53. The molecule has 0 N–H and O–H groups in total. The summed E-state index contributed by atoms with van der Waals surface area (Å²) in [4.78, 5) is 5.74. The molecule has 0 saturated heterocycles. The molecule has 0 fully saturated rings. The highest BCUT2D eigenvalue weighted by Gasteiger charge is 2.37. The minimum absolute atomic E-state index is 0.573. The zero-order chi connectivity index (χ0) is 32.9. The third kappa shape index (κ3) is 3.63. The standard InChI is InChI=1S/C45H27BClN3/c47-46-49-42-33-24-12-14-26-35(33)44(49)39(30-20-8-3-9-21-30)45-36-27-15-13-25-34(36)43(50(45)46)38(29-18-6-2-7-19-29)41-32-23-11-10-22-31(32)40(48-41)37(42)28-16-4-1-5-17-28/h1-27H. The molecule has 5 heteroatoms. The van der Waals surface area contributed by atoms with Crippen LogP contribution in [-0.2, 0) is 0 Å². The van der Waals surface area contributed by atoms with Gasteiger partial charge >= 0.3 is 6.40 Å². The van der Waals surface area contributed by atoms with E-state index in [9.17, 15) is 0 Å². The Balaban J connectivity index is 1.57. The van der Waals surface area contributed by atoms with E-state index in [2.05, 4.69) is 173 Å². The molecule has 5 heterocycles. The summed E-state index contributed by atoms with van der Waals surface area (Å²) in [7, 11) is 0. The van der Waals surface area contributed by atoms with Crippen LogP contribution in [0.2, 0.25) is 0 Å². The summed E-state index contributed by atoms with van der Waals surface area (Å²) in [5.74, 6) is 0. The van der Waals surface area contributed by atoms with Gasteiger partial charge < -0.3 is 8.96 Å². The van der Waals surface area contributed by atoms with Gasteiger partial charge in [-0.2, -0.15) is 0 Å². The lowest BCUT2D eigenvalue weighted by molar-refractivity contribution is 1.20. The van der Waals surface area contributed by atoms with E-state index in [0.29, 0.717) is 0 Å². The molecule has 3 nitrogen and oxygen atoms in total. The minimum atomic E-state index is -0.573. The van der Waals surface area contributed by atoms with Gasteiger partial charge in [0.05, 0.1) is 11.4 Å². The van der Waals surface area contributed by atoms with E-state index in [0.717, 1.165) is 83.2 Å². The third-order valence-corrected chi connectivity index (χ3v) is 10.9. The fraction of sp³-hybridized carbons (Fsp3) is 0. The lowest BCUT2D eigenvalue weighted by atomic mass is 9.94. The Morgan fingerprint density at radius 1 is 0.360 bits per heavy atom. The van der Waals surface area contributed by atoms with Gasteiger partial charge in [0.2, 0.25) is 0 Å². The summed E-state index contributed by atoms with van der Waals surface area (Å²) in [6.07, 6.45) is -0.573. The molecule has 0 radical (unpaired) electrons. The van der Waals surface area contributed by atoms with Crippen molar-refractivity contribution in [1.82, 2.24) is 13.9 Å². The van der Waals surface area contributed by atoms with Gasteiger partial charge in [-0.25, -0.2) is 4.98 Å². The van der Waals surface area contributed by atoms with Crippen molar-refractivity contribution < 1.29 is 0 Å². The van der Waals surface area contributed by atoms with E-state index in [1.165, 1.54) is 16.3 Å². The monoisotopic (exact) mass is 655 g/mol. The highest BCUT2D eigenvalue weighted by atomic mass is 35.5. The molecule has 3 aliphatic rings. The predicted octanol–water partition coefficient (Wildman–Crippen LogP) is 12.0. The summed E-state index contributed by atoms with van der Waals surface area (Å²) in [6.45, 7) is 0. The molecular weight excluding hydrogens is 629 g/mol. The van der Waals surface area contributed by atoms with Crippen molar-refractivity contribution in [2.45, 2.75) is 0 Å². The van der Waals surface area contributed by atoms with E-state index in [-0.39, 0.29) is 0 Å². The Morgan fingerprint density at radius 3 is 1.04 bits per heavy atom. The largest absolute Gasteiger partial charge is 0.495 e. The van der Waals surface area contributed by atoms with Crippen molar-refractivity contribution in [2.24, 2.45) is 0 Å². The first-order valence-corrected chi connectivity index (χ1v) is 17.5. The molecular formula is C45H27BClN3. The maximum atomic E-state index is 8.09. The Morgan fingerprint density at radius 2 is 0.660 bits per heavy atom. The van der Waals surface area contributed by atoms with Crippen LogP contribution in [0.25, 0.3) is 99.5 Å². The summed E-state index contributed by atoms with van der Waals surface area (Å²) in [5.41, 5.74) is 15.2. The van der Waals surface area contributed by atoms with Crippen LogP contribution in [0.3, 0.4) is 0 Å². The fourth-order valence-electron chi connectivity index (χ4n) is 8.58. The zero-order valence-corrected chi connectivity index (χ0v) is 27.6. The first-order chi connectivity index (χ1) is 24.8. The van der Waals surface area contributed by atoms with Crippen molar-refractivity contribution in [3.8, 4) is 55.9 Å². The van der Waals surface area contributed by atoms with Crippen LogP contribution >= 0.6 is 11.5 Å². The summed E-state index contributed by atoms with van der Waals surface area (Å²) in [5, 5.41) is 4.64. The smallest absolute Gasteiger partial charge is 0.349 e. The Bertz CT molecular complexity index is 2750. The van der Waals surface area contributed by atoms with Gasteiger partial charge in [-0.1, -0.05) is 164 Å². The first kappa shape index (κ1) is 27.8. The van der Waals surface area contributed by atoms with Gasteiger partial charge in [0.1, 0.15) is 0 Å². The highest BCUT2D eigenvalue weighted by molar-refractivity contribution is 7.06. The third-order valence-electron chi connectivity index (χ3n) is 10.5. The Kier molecular flexibility index (Phi) is 5.81. The van der Waals surface area contributed by atoms with Crippen LogP contribution in [0.4, 0.5) is 0 Å². The summed E-state index contributed by atoms with van der Waals surface area (Å²) < 4.78 is 4.78. The number of nitrogens with zero attached hydrogens (tertiary/aromatic N) is 3. The summed E-state index contributed by atoms with van der Waals surface area (Å²) in [6, 6.07) is 58.5. The van der Waals surface area contributed by atoms with Crippen molar-refractivity contribution in [3.05, 3.63) is 164 Å². The van der Waals surface area contributed by atoms with Crippen molar-refractivity contribution in [2.75, 3.05) is 0 Å². The second-order valence-corrected chi connectivity index (χ2v) is 13.5. The molecule has 0 atom stereocenters. The molecule has 11 rings (SSSR count). The van der Waals surface area contributed by atoms with E-state index in [1.807, 2.05) is 0 Å². The summed E-state index contributed by atoms with van der Waals surface area (Å²) >= 11 is 8.09. The molecule has 3 aliphatic heterocycles. The maximum absolute atomic E-state index is 8.09. The quantitative estimate of drug-likeness (QED) is 0.174. The Hall–Kier alpha value is -6.10. The number of aromatic nitrogens is 3. The average molecular weight is 656 g/mol. The zero-order valence-electron chi connectivity index (χ0n) is 26.9. The number of fused-ring (bicyclic) bond motifs is 4. The number of benzene rings is 6. The molecule has 232 valence electrons. The van der Waals surface area contributed by atoms with Crippen molar-refractivity contribution in [3.63, 3.8) is 0 Å². The lowest BCUT2D eigenvalue weighted by Gasteiger charge is -2.24. The second kappa shape index (κ2) is 10.5. The molecule has 2 aromatic heterocycles. The first-order valence-electron chi connectivity index (χ1n) is 17.0. The molecule has 0 saturated carbocycles. The van der Waals surface area contributed by atoms with Gasteiger partial charge in [0, 0.05) is 71.4 Å². The van der Waals surface area contributed by atoms with Gasteiger partial charge in [-0.3, -0.25) is 0 Å². The molecule has 0 aliphatic carbocycles. The molecule has 6 aromatic carbocycles. The van der Waals surface area contributed by atoms with Crippen LogP contribution in [0.1, 0.15) is 0 Å². The van der Waals surface area contributed by atoms with Gasteiger partial charge in [0.25, 0.3) is 0 Å². The molecule has 8 bridgehead atoms. The molecule has 0 amide bonds. The predicted molar refractivity (Wildman–Crippen MR) is 211 cm³/mol. The number of hydrogen-bond donors (Lipinski definition) is 0. The molecule has 50 heavy (non-hydrogen) atoms. The van der Waals surface area contributed by atoms with E-state index >= 15 is 0 Å². The lowest BCUT2D eigenvalue weighted by Crippen LogP contribution is -2.30. The topological polar surface area (TPSA) is 22.8 Å². The normalized spacial score (nSPS) is 12.5. The average Bonchev–Trinajstić information content (AvgIpc) is 3.84. The maximum Gasteiger partial charge on any atom is 0.495 e. The van der Waals surface area contributed by atoms with Gasteiger partial charge in [-0.05, 0) is 16.7 Å². The van der Waals surface area contributed by atoms with Gasteiger partial charge in [-0.15, -0.1) is 11.5 Å². The van der Waals surface area contributed by atoms with E-state index in [1.54, 1.807) is 0 Å². The van der Waals surface area contributed by atoms with Crippen LogP contribution in [-0.4, -0.2) is 20.3 Å². The molecule has 8 aromatic rings. The second-order valence-electron chi connectivity index (χ2n) is 13.1.